The number of nitrogens with zero attached hydrogens (tertiary/aromatic N) is 1. The molecule has 0 aliphatic carbocycles. The minimum absolute atomic E-state index is 0.127. The number of benzene rings is 2. The predicted octanol–water partition coefficient (Wildman–Crippen LogP) is 3.40. The van der Waals surface area contributed by atoms with E-state index in [9.17, 15) is 0 Å². The van der Waals surface area contributed by atoms with E-state index in [4.69, 9.17) is 10.5 Å². The van der Waals surface area contributed by atoms with Gasteiger partial charge in [-0.3, -0.25) is 4.99 Å². The van der Waals surface area contributed by atoms with Crippen molar-refractivity contribution in [1.29, 1.82) is 0 Å². The number of para-hydroxylation sites is 1. The average molecular weight is 297 g/mol. The largest absolute Gasteiger partial charge is 0.497 e. The maximum atomic E-state index is 5.96. The van der Waals surface area contributed by atoms with Crippen molar-refractivity contribution < 1.29 is 4.74 Å². The van der Waals surface area contributed by atoms with Crippen LogP contribution in [0.25, 0.3) is 0 Å². The van der Waals surface area contributed by atoms with Crippen LogP contribution >= 0.6 is 0 Å². The van der Waals surface area contributed by atoms with E-state index in [0.717, 1.165) is 11.4 Å². The molecule has 0 saturated heterocycles. The Bertz CT molecular complexity index is 636. The highest BCUT2D eigenvalue weighted by atomic mass is 16.5. The van der Waals surface area contributed by atoms with Crippen LogP contribution < -0.4 is 15.8 Å². The molecule has 0 fully saturated rings. The Hall–Kier alpha value is -2.49. The van der Waals surface area contributed by atoms with Crippen LogP contribution in [-0.4, -0.2) is 19.6 Å². The molecule has 3 N–H and O–H groups in total. The molecule has 0 bridgehead atoms. The second-order valence-electron chi connectivity index (χ2n) is 5.81. The minimum atomic E-state index is -0.127. The SMILES string of the molecule is COc1cccc(C(C)(C)CN=C(N)Nc2ccccc2)c1. The summed E-state index contributed by atoms with van der Waals surface area (Å²) < 4.78 is 5.28. The highest BCUT2D eigenvalue weighted by Gasteiger charge is 2.20. The summed E-state index contributed by atoms with van der Waals surface area (Å²) in [5.74, 6) is 1.27. The van der Waals surface area contributed by atoms with Gasteiger partial charge in [0, 0.05) is 11.1 Å². The molecule has 0 atom stereocenters. The molecule has 2 rings (SSSR count). The lowest BCUT2D eigenvalue weighted by Crippen LogP contribution is -2.27. The summed E-state index contributed by atoms with van der Waals surface area (Å²) in [7, 11) is 1.67. The van der Waals surface area contributed by atoms with Gasteiger partial charge >= 0.3 is 0 Å². The highest BCUT2D eigenvalue weighted by molar-refractivity contribution is 5.92. The molecule has 2 aromatic rings. The van der Waals surface area contributed by atoms with Gasteiger partial charge in [-0.1, -0.05) is 44.2 Å². The third-order valence-electron chi connectivity index (χ3n) is 3.54. The number of methoxy groups -OCH3 is 1. The van der Waals surface area contributed by atoms with Gasteiger partial charge in [-0.15, -0.1) is 0 Å². The second-order valence-corrected chi connectivity index (χ2v) is 5.81. The van der Waals surface area contributed by atoms with Crippen LogP contribution in [0.4, 0.5) is 5.69 Å². The standard InChI is InChI=1S/C18H23N3O/c1-18(2,14-8-7-11-16(12-14)22-3)13-20-17(19)21-15-9-5-4-6-10-15/h4-12H,13H2,1-3H3,(H3,19,20,21). The van der Waals surface area contributed by atoms with Gasteiger partial charge in [-0.05, 0) is 29.8 Å². The van der Waals surface area contributed by atoms with Crippen molar-refractivity contribution in [3.05, 3.63) is 60.2 Å². The Morgan fingerprint density at radius 3 is 2.55 bits per heavy atom. The third-order valence-corrected chi connectivity index (χ3v) is 3.54. The molecule has 0 aliphatic rings. The lowest BCUT2D eigenvalue weighted by Gasteiger charge is -2.23. The van der Waals surface area contributed by atoms with Gasteiger partial charge < -0.3 is 15.8 Å². The van der Waals surface area contributed by atoms with Crippen molar-refractivity contribution in [2.75, 3.05) is 19.0 Å². The van der Waals surface area contributed by atoms with Crippen molar-refractivity contribution >= 4 is 11.6 Å². The fraction of sp³-hybridized carbons (Fsp3) is 0.278. The molecule has 0 radical (unpaired) electrons. The first kappa shape index (κ1) is 15.9. The molecule has 4 nitrogen and oxygen atoms in total. The van der Waals surface area contributed by atoms with Crippen LogP contribution in [0.1, 0.15) is 19.4 Å². The molecule has 0 spiro atoms. The number of nitrogens with two attached hydrogens (primary N) is 1. The number of anilines is 1. The van der Waals surface area contributed by atoms with E-state index in [2.05, 4.69) is 30.2 Å². The van der Waals surface area contributed by atoms with E-state index in [1.165, 1.54) is 5.56 Å². The Kier molecular flexibility index (Phi) is 5.04. The van der Waals surface area contributed by atoms with Crippen molar-refractivity contribution in [1.82, 2.24) is 0 Å². The zero-order chi connectivity index (χ0) is 16.0. The predicted molar refractivity (Wildman–Crippen MR) is 92.6 cm³/mol. The molecular weight excluding hydrogens is 274 g/mol. The first-order valence-corrected chi connectivity index (χ1v) is 7.28. The zero-order valence-corrected chi connectivity index (χ0v) is 13.3. The van der Waals surface area contributed by atoms with Crippen molar-refractivity contribution in [2.24, 2.45) is 10.7 Å². The Balaban J connectivity index is 2.06. The highest BCUT2D eigenvalue weighted by Crippen LogP contribution is 2.26. The summed E-state index contributed by atoms with van der Waals surface area (Å²) >= 11 is 0. The number of aliphatic imine (C=N–C) groups is 1. The summed E-state index contributed by atoms with van der Waals surface area (Å²) in [4.78, 5) is 4.47. The molecular formula is C18H23N3O. The lowest BCUT2D eigenvalue weighted by atomic mass is 9.85. The van der Waals surface area contributed by atoms with E-state index in [1.54, 1.807) is 7.11 Å². The van der Waals surface area contributed by atoms with Crippen LogP contribution in [0.2, 0.25) is 0 Å². The van der Waals surface area contributed by atoms with Gasteiger partial charge in [-0.25, -0.2) is 0 Å². The zero-order valence-electron chi connectivity index (χ0n) is 13.3. The van der Waals surface area contributed by atoms with Gasteiger partial charge in [0.05, 0.1) is 13.7 Å². The third kappa shape index (κ3) is 4.25. The number of guanidine groups is 1. The Morgan fingerprint density at radius 2 is 1.86 bits per heavy atom. The smallest absolute Gasteiger partial charge is 0.193 e. The minimum Gasteiger partial charge on any atom is -0.497 e. The molecule has 0 aromatic heterocycles. The Morgan fingerprint density at radius 1 is 1.14 bits per heavy atom. The summed E-state index contributed by atoms with van der Waals surface area (Å²) in [5, 5.41) is 3.09. The summed E-state index contributed by atoms with van der Waals surface area (Å²) in [5.41, 5.74) is 7.94. The molecule has 0 amide bonds. The van der Waals surface area contributed by atoms with Crippen LogP contribution in [0.5, 0.6) is 5.75 Å². The maximum Gasteiger partial charge on any atom is 0.193 e. The summed E-state index contributed by atoms with van der Waals surface area (Å²) in [6.45, 7) is 4.87. The lowest BCUT2D eigenvalue weighted by molar-refractivity contribution is 0.412. The number of rotatable bonds is 5. The monoisotopic (exact) mass is 297 g/mol. The van der Waals surface area contributed by atoms with E-state index >= 15 is 0 Å². The Labute approximate surface area is 132 Å². The van der Waals surface area contributed by atoms with Crippen LogP contribution in [0, 0.1) is 0 Å². The second kappa shape index (κ2) is 6.98. The first-order chi connectivity index (χ1) is 10.5. The van der Waals surface area contributed by atoms with E-state index < -0.39 is 0 Å². The molecule has 0 saturated carbocycles. The quantitative estimate of drug-likeness (QED) is 0.657. The van der Waals surface area contributed by atoms with E-state index in [0.29, 0.717) is 12.5 Å². The van der Waals surface area contributed by atoms with E-state index in [1.807, 2.05) is 48.5 Å². The van der Waals surface area contributed by atoms with Gasteiger partial charge in [0.25, 0.3) is 0 Å². The van der Waals surface area contributed by atoms with Crippen molar-refractivity contribution in [2.45, 2.75) is 19.3 Å². The van der Waals surface area contributed by atoms with Crippen LogP contribution in [-0.2, 0) is 5.41 Å². The van der Waals surface area contributed by atoms with Crippen LogP contribution in [0.15, 0.2) is 59.6 Å². The molecule has 116 valence electrons. The number of hydrogen-bond donors (Lipinski definition) is 2. The molecule has 2 aromatic carbocycles. The topological polar surface area (TPSA) is 59.6 Å². The molecule has 4 heteroatoms. The molecule has 22 heavy (non-hydrogen) atoms. The number of ether oxygens (including phenoxy) is 1. The molecule has 0 aliphatic heterocycles. The number of hydrogen-bond acceptors (Lipinski definition) is 2. The van der Waals surface area contributed by atoms with Crippen LogP contribution in [0.3, 0.4) is 0 Å². The molecule has 0 unspecified atom stereocenters. The normalized spacial score (nSPS) is 12.0. The first-order valence-electron chi connectivity index (χ1n) is 7.28. The van der Waals surface area contributed by atoms with Gasteiger partial charge in [0.2, 0.25) is 0 Å². The van der Waals surface area contributed by atoms with Crippen molar-refractivity contribution in [3.63, 3.8) is 0 Å². The van der Waals surface area contributed by atoms with Crippen molar-refractivity contribution in [3.8, 4) is 5.75 Å². The van der Waals surface area contributed by atoms with Gasteiger partial charge in [0.1, 0.15) is 5.75 Å². The fourth-order valence-corrected chi connectivity index (χ4v) is 2.13. The van der Waals surface area contributed by atoms with Gasteiger partial charge in [-0.2, -0.15) is 0 Å². The molecule has 0 heterocycles. The average Bonchev–Trinajstić information content (AvgIpc) is 2.54. The summed E-state index contributed by atoms with van der Waals surface area (Å²) in [6.07, 6.45) is 0. The fourth-order valence-electron chi connectivity index (χ4n) is 2.13. The maximum absolute atomic E-state index is 5.96. The summed E-state index contributed by atoms with van der Waals surface area (Å²) in [6, 6.07) is 17.8. The number of nitrogens with one attached hydrogen (secondary N) is 1. The van der Waals surface area contributed by atoms with Gasteiger partial charge in [0.15, 0.2) is 5.96 Å². The van der Waals surface area contributed by atoms with E-state index in [-0.39, 0.29) is 5.41 Å².